The second kappa shape index (κ2) is 5.47. The molecule has 20 heavy (non-hydrogen) atoms. The van der Waals surface area contributed by atoms with Gasteiger partial charge in [-0.15, -0.1) is 0 Å². The normalized spacial score (nSPS) is 17.4. The fourth-order valence-corrected chi connectivity index (χ4v) is 3.27. The van der Waals surface area contributed by atoms with E-state index < -0.39 is 0 Å². The Labute approximate surface area is 125 Å². The van der Waals surface area contributed by atoms with Crippen LogP contribution in [0.5, 0.6) is 0 Å². The lowest BCUT2D eigenvalue weighted by molar-refractivity contribution is 0.759. The van der Waals surface area contributed by atoms with E-state index in [1.54, 1.807) is 0 Å². The number of benzene rings is 2. The number of halogens is 1. The molecule has 2 N–H and O–H groups in total. The molecule has 0 aromatic heterocycles. The number of hydrogen-bond acceptors (Lipinski definition) is 2. The van der Waals surface area contributed by atoms with E-state index in [2.05, 4.69) is 54.3 Å². The van der Waals surface area contributed by atoms with E-state index in [0.29, 0.717) is 12.6 Å². The summed E-state index contributed by atoms with van der Waals surface area (Å²) in [6, 6.07) is 15.3. The Balaban J connectivity index is 1.99. The van der Waals surface area contributed by atoms with E-state index in [-0.39, 0.29) is 0 Å². The lowest BCUT2D eigenvalue weighted by atomic mass is 10.1. The molecular formula is C17H19ClN2. The largest absolute Gasteiger partial charge is 0.338 e. The van der Waals surface area contributed by atoms with Crippen molar-refractivity contribution in [3.63, 3.8) is 0 Å². The molecule has 0 bridgehead atoms. The molecule has 0 fully saturated rings. The molecule has 0 saturated carbocycles. The minimum Gasteiger partial charge on any atom is -0.338 e. The summed E-state index contributed by atoms with van der Waals surface area (Å²) in [7, 11) is 0. The van der Waals surface area contributed by atoms with Gasteiger partial charge in [-0.1, -0.05) is 35.9 Å². The zero-order chi connectivity index (χ0) is 14.1. The Morgan fingerprint density at radius 2 is 2.05 bits per heavy atom. The average molecular weight is 287 g/mol. The standard InChI is InChI=1S/C17H19ClN2/c1-12-10-14-4-2-3-5-17(14)20(12)15-7-6-13(8-9-19)16(18)11-15/h2-7,11-12H,8-10,19H2,1H3. The van der Waals surface area contributed by atoms with E-state index in [1.807, 2.05) is 0 Å². The first-order valence-electron chi connectivity index (χ1n) is 7.06. The van der Waals surface area contributed by atoms with E-state index >= 15 is 0 Å². The summed E-state index contributed by atoms with van der Waals surface area (Å²) in [4.78, 5) is 2.37. The van der Waals surface area contributed by atoms with Gasteiger partial charge in [-0.3, -0.25) is 0 Å². The zero-order valence-electron chi connectivity index (χ0n) is 11.6. The topological polar surface area (TPSA) is 29.3 Å². The highest BCUT2D eigenvalue weighted by molar-refractivity contribution is 6.31. The number of hydrogen-bond donors (Lipinski definition) is 1. The molecule has 0 spiro atoms. The lowest BCUT2D eigenvalue weighted by Gasteiger charge is -2.25. The van der Waals surface area contributed by atoms with Crippen molar-refractivity contribution < 1.29 is 0 Å². The quantitative estimate of drug-likeness (QED) is 0.926. The number of rotatable bonds is 3. The number of nitrogens with zero attached hydrogens (tertiary/aromatic N) is 1. The average Bonchev–Trinajstić information content (AvgIpc) is 2.77. The Morgan fingerprint density at radius 3 is 2.80 bits per heavy atom. The van der Waals surface area contributed by atoms with Gasteiger partial charge in [0, 0.05) is 22.4 Å². The van der Waals surface area contributed by atoms with Gasteiger partial charge >= 0.3 is 0 Å². The van der Waals surface area contributed by atoms with Gasteiger partial charge in [0.2, 0.25) is 0 Å². The van der Waals surface area contributed by atoms with Crippen LogP contribution < -0.4 is 10.6 Å². The molecule has 2 nitrogen and oxygen atoms in total. The first-order chi connectivity index (χ1) is 9.70. The van der Waals surface area contributed by atoms with Crippen LogP contribution in [0.2, 0.25) is 5.02 Å². The van der Waals surface area contributed by atoms with Gasteiger partial charge in [-0.05, 0) is 55.6 Å². The van der Waals surface area contributed by atoms with Crippen molar-refractivity contribution in [2.45, 2.75) is 25.8 Å². The van der Waals surface area contributed by atoms with Crippen molar-refractivity contribution in [1.82, 2.24) is 0 Å². The number of fused-ring (bicyclic) bond motifs is 1. The summed E-state index contributed by atoms with van der Waals surface area (Å²) in [5.41, 5.74) is 10.6. The minimum atomic E-state index is 0.462. The molecule has 0 aliphatic carbocycles. The second-order valence-corrected chi connectivity index (χ2v) is 5.77. The third kappa shape index (κ3) is 2.30. The SMILES string of the molecule is CC1Cc2ccccc2N1c1ccc(CCN)c(Cl)c1. The molecular weight excluding hydrogens is 268 g/mol. The van der Waals surface area contributed by atoms with E-state index in [4.69, 9.17) is 17.3 Å². The van der Waals surface area contributed by atoms with Crippen LogP contribution >= 0.6 is 11.6 Å². The summed E-state index contributed by atoms with van der Waals surface area (Å²) < 4.78 is 0. The molecule has 2 aromatic carbocycles. The number of para-hydroxylation sites is 1. The van der Waals surface area contributed by atoms with Crippen LogP contribution in [-0.2, 0) is 12.8 Å². The smallest absolute Gasteiger partial charge is 0.0459 e. The van der Waals surface area contributed by atoms with Gasteiger partial charge in [0.15, 0.2) is 0 Å². The molecule has 0 amide bonds. The van der Waals surface area contributed by atoms with Gasteiger partial charge < -0.3 is 10.6 Å². The van der Waals surface area contributed by atoms with E-state index in [0.717, 1.165) is 29.1 Å². The molecule has 3 rings (SSSR count). The predicted molar refractivity (Wildman–Crippen MR) is 86.0 cm³/mol. The third-order valence-electron chi connectivity index (χ3n) is 3.94. The molecule has 3 heteroatoms. The molecule has 1 atom stereocenters. The molecule has 1 heterocycles. The highest BCUT2D eigenvalue weighted by Crippen LogP contribution is 2.39. The maximum absolute atomic E-state index is 6.38. The van der Waals surface area contributed by atoms with E-state index in [9.17, 15) is 0 Å². The first-order valence-corrected chi connectivity index (χ1v) is 7.44. The molecule has 104 valence electrons. The molecule has 1 aliphatic heterocycles. The van der Waals surface area contributed by atoms with Crippen LogP contribution in [0.15, 0.2) is 42.5 Å². The molecule has 1 unspecified atom stereocenters. The molecule has 1 aliphatic rings. The monoisotopic (exact) mass is 286 g/mol. The van der Waals surface area contributed by atoms with Crippen molar-refractivity contribution >= 4 is 23.0 Å². The van der Waals surface area contributed by atoms with E-state index in [1.165, 1.54) is 11.3 Å². The van der Waals surface area contributed by atoms with Crippen molar-refractivity contribution in [3.05, 3.63) is 58.6 Å². The van der Waals surface area contributed by atoms with Crippen LogP contribution in [0.3, 0.4) is 0 Å². The summed E-state index contributed by atoms with van der Waals surface area (Å²) in [6.45, 7) is 2.88. The number of nitrogens with two attached hydrogens (primary N) is 1. The van der Waals surface area contributed by atoms with Crippen molar-refractivity contribution in [1.29, 1.82) is 0 Å². The van der Waals surface area contributed by atoms with Crippen molar-refractivity contribution in [2.75, 3.05) is 11.4 Å². The minimum absolute atomic E-state index is 0.462. The van der Waals surface area contributed by atoms with Crippen LogP contribution in [0.4, 0.5) is 11.4 Å². The first kappa shape index (κ1) is 13.5. The Morgan fingerprint density at radius 1 is 1.25 bits per heavy atom. The van der Waals surface area contributed by atoms with Crippen LogP contribution in [0.25, 0.3) is 0 Å². The predicted octanol–water partition coefficient (Wildman–Crippen LogP) is 3.92. The fourth-order valence-electron chi connectivity index (χ4n) is 3.00. The summed E-state index contributed by atoms with van der Waals surface area (Å²) in [5, 5.41) is 0.810. The van der Waals surface area contributed by atoms with Crippen LogP contribution in [0.1, 0.15) is 18.1 Å². The maximum atomic E-state index is 6.38. The van der Waals surface area contributed by atoms with Crippen LogP contribution in [-0.4, -0.2) is 12.6 Å². The summed E-state index contributed by atoms with van der Waals surface area (Å²) >= 11 is 6.38. The number of anilines is 2. The molecule has 2 aromatic rings. The van der Waals surface area contributed by atoms with Gasteiger partial charge in [-0.2, -0.15) is 0 Å². The Kier molecular flexibility index (Phi) is 3.68. The zero-order valence-corrected chi connectivity index (χ0v) is 12.4. The maximum Gasteiger partial charge on any atom is 0.0459 e. The second-order valence-electron chi connectivity index (χ2n) is 5.37. The molecule has 0 radical (unpaired) electrons. The Bertz CT molecular complexity index is 624. The highest BCUT2D eigenvalue weighted by Gasteiger charge is 2.26. The lowest BCUT2D eigenvalue weighted by Crippen LogP contribution is -2.23. The van der Waals surface area contributed by atoms with Crippen molar-refractivity contribution in [3.8, 4) is 0 Å². The van der Waals surface area contributed by atoms with Gasteiger partial charge in [-0.25, -0.2) is 0 Å². The van der Waals surface area contributed by atoms with Crippen LogP contribution in [0, 0.1) is 0 Å². The Hall–Kier alpha value is -1.51. The van der Waals surface area contributed by atoms with Gasteiger partial charge in [0.25, 0.3) is 0 Å². The summed E-state index contributed by atoms with van der Waals surface area (Å²) in [6.07, 6.45) is 1.91. The fraction of sp³-hybridized carbons (Fsp3) is 0.294. The van der Waals surface area contributed by atoms with Gasteiger partial charge in [0.1, 0.15) is 0 Å². The third-order valence-corrected chi connectivity index (χ3v) is 4.29. The molecule has 0 saturated heterocycles. The summed E-state index contributed by atoms with van der Waals surface area (Å²) in [5.74, 6) is 0. The van der Waals surface area contributed by atoms with Gasteiger partial charge in [0.05, 0.1) is 0 Å². The van der Waals surface area contributed by atoms with Crippen molar-refractivity contribution in [2.24, 2.45) is 5.73 Å². The highest BCUT2D eigenvalue weighted by atomic mass is 35.5.